The molecule has 2 atom stereocenters. The molecule has 1 unspecified atom stereocenters. The molecule has 0 bridgehead atoms. The van der Waals surface area contributed by atoms with Crippen molar-refractivity contribution in [3.05, 3.63) is 57.8 Å². The predicted molar refractivity (Wildman–Crippen MR) is 82.9 cm³/mol. The van der Waals surface area contributed by atoms with E-state index in [0.29, 0.717) is 12.0 Å². The van der Waals surface area contributed by atoms with E-state index in [1.54, 1.807) is 11.1 Å². The van der Waals surface area contributed by atoms with Gasteiger partial charge in [-0.2, -0.15) is 0 Å². The van der Waals surface area contributed by atoms with Gasteiger partial charge in [0.25, 0.3) is 0 Å². The van der Waals surface area contributed by atoms with Crippen LogP contribution in [0, 0.1) is 0 Å². The molecule has 0 spiro atoms. The summed E-state index contributed by atoms with van der Waals surface area (Å²) in [6.45, 7) is 3.36. The number of nitrogens with one attached hydrogen (secondary N) is 1. The summed E-state index contributed by atoms with van der Waals surface area (Å²) in [7, 11) is 0. The summed E-state index contributed by atoms with van der Waals surface area (Å²) in [5, 5.41) is 5.86. The summed E-state index contributed by atoms with van der Waals surface area (Å²) in [5.41, 5.74) is 3.13. The Bertz CT molecular complexity index is 518. The van der Waals surface area contributed by atoms with E-state index in [9.17, 15) is 0 Å². The third kappa shape index (κ3) is 2.90. The highest BCUT2D eigenvalue weighted by molar-refractivity contribution is 7.10. The van der Waals surface area contributed by atoms with Gasteiger partial charge in [-0.3, -0.25) is 0 Å². The Morgan fingerprint density at radius 3 is 3.00 bits per heavy atom. The molecule has 0 radical (unpaired) electrons. The molecule has 19 heavy (non-hydrogen) atoms. The molecule has 0 saturated carbocycles. The lowest BCUT2D eigenvalue weighted by atomic mass is 9.83. The molecule has 0 amide bonds. The highest BCUT2D eigenvalue weighted by atomic mass is 32.1. The van der Waals surface area contributed by atoms with Crippen molar-refractivity contribution in [1.29, 1.82) is 0 Å². The molecule has 1 aliphatic rings. The van der Waals surface area contributed by atoms with Crippen molar-refractivity contribution < 1.29 is 0 Å². The third-order valence-electron chi connectivity index (χ3n) is 4.13. The van der Waals surface area contributed by atoms with E-state index in [1.807, 2.05) is 11.3 Å². The lowest BCUT2D eigenvalue weighted by Crippen LogP contribution is -2.26. The standard InChI is InChI=1S/C17H21NS/c1-13(17-10-5-11-19-17)18-12-15-8-4-7-14-6-2-3-9-16(14)15/h2-3,5-6,9-11,13,15,18H,4,7-8,12H2,1H3/t13-,15?/m0/s1. The molecule has 0 fully saturated rings. The Morgan fingerprint density at radius 1 is 1.26 bits per heavy atom. The number of rotatable bonds is 4. The number of thiophene rings is 1. The lowest BCUT2D eigenvalue weighted by Gasteiger charge is -2.27. The van der Waals surface area contributed by atoms with E-state index in [-0.39, 0.29) is 0 Å². The van der Waals surface area contributed by atoms with Crippen LogP contribution in [0.4, 0.5) is 0 Å². The fourth-order valence-corrected chi connectivity index (χ4v) is 3.78. The Labute approximate surface area is 119 Å². The molecule has 2 aromatic rings. The smallest absolute Gasteiger partial charge is 0.0386 e. The van der Waals surface area contributed by atoms with Crippen LogP contribution in [0.5, 0.6) is 0 Å². The maximum atomic E-state index is 3.71. The Hall–Kier alpha value is -1.12. The zero-order valence-electron chi connectivity index (χ0n) is 11.4. The van der Waals surface area contributed by atoms with Gasteiger partial charge in [-0.05, 0) is 54.7 Å². The monoisotopic (exact) mass is 271 g/mol. The average molecular weight is 271 g/mol. The van der Waals surface area contributed by atoms with Crippen LogP contribution in [0.1, 0.15) is 47.7 Å². The molecule has 3 rings (SSSR count). The molecule has 1 aromatic heterocycles. The van der Waals surface area contributed by atoms with Crippen LogP contribution < -0.4 is 5.32 Å². The van der Waals surface area contributed by atoms with E-state index in [2.05, 4.69) is 54.0 Å². The summed E-state index contributed by atoms with van der Waals surface area (Å²) >= 11 is 1.84. The molecule has 1 aromatic carbocycles. The van der Waals surface area contributed by atoms with Gasteiger partial charge in [0, 0.05) is 17.5 Å². The van der Waals surface area contributed by atoms with E-state index >= 15 is 0 Å². The second-order valence-corrected chi connectivity index (χ2v) is 6.41. The maximum Gasteiger partial charge on any atom is 0.0386 e. The van der Waals surface area contributed by atoms with Gasteiger partial charge in [0.1, 0.15) is 0 Å². The highest BCUT2D eigenvalue weighted by Gasteiger charge is 2.20. The Morgan fingerprint density at radius 2 is 2.16 bits per heavy atom. The first kappa shape index (κ1) is 12.9. The van der Waals surface area contributed by atoms with Gasteiger partial charge in [0.05, 0.1) is 0 Å². The molecule has 1 N–H and O–H groups in total. The molecule has 1 heterocycles. The molecule has 1 nitrogen and oxygen atoms in total. The SMILES string of the molecule is C[C@H](NCC1CCCc2ccccc21)c1cccs1. The zero-order chi connectivity index (χ0) is 13.1. The largest absolute Gasteiger partial charge is 0.309 e. The number of aryl methyl sites for hydroxylation is 1. The first-order valence-corrected chi connectivity index (χ1v) is 8.07. The number of benzene rings is 1. The molecule has 100 valence electrons. The van der Waals surface area contributed by atoms with Crippen molar-refractivity contribution in [2.75, 3.05) is 6.54 Å². The summed E-state index contributed by atoms with van der Waals surface area (Å²) in [5.74, 6) is 0.687. The first-order valence-electron chi connectivity index (χ1n) is 7.19. The Balaban J connectivity index is 1.65. The topological polar surface area (TPSA) is 12.0 Å². The number of fused-ring (bicyclic) bond motifs is 1. The minimum atomic E-state index is 0.467. The van der Waals surface area contributed by atoms with Crippen molar-refractivity contribution in [1.82, 2.24) is 5.32 Å². The zero-order valence-corrected chi connectivity index (χ0v) is 12.2. The summed E-state index contributed by atoms with van der Waals surface area (Å²) < 4.78 is 0. The van der Waals surface area contributed by atoms with Gasteiger partial charge < -0.3 is 5.32 Å². The van der Waals surface area contributed by atoms with Gasteiger partial charge in [0.2, 0.25) is 0 Å². The molecule has 1 aliphatic carbocycles. The number of hydrogen-bond acceptors (Lipinski definition) is 2. The first-order chi connectivity index (χ1) is 9.34. The fourth-order valence-electron chi connectivity index (χ4n) is 3.02. The predicted octanol–water partition coefficient (Wildman–Crippen LogP) is 4.52. The van der Waals surface area contributed by atoms with Gasteiger partial charge in [-0.25, -0.2) is 0 Å². The third-order valence-corrected chi connectivity index (χ3v) is 5.19. The summed E-state index contributed by atoms with van der Waals surface area (Å²) in [4.78, 5) is 1.43. The van der Waals surface area contributed by atoms with Gasteiger partial charge in [-0.1, -0.05) is 30.3 Å². The van der Waals surface area contributed by atoms with Gasteiger partial charge >= 0.3 is 0 Å². The minimum absolute atomic E-state index is 0.467. The van der Waals surface area contributed by atoms with Crippen LogP contribution >= 0.6 is 11.3 Å². The van der Waals surface area contributed by atoms with E-state index < -0.39 is 0 Å². The van der Waals surface area contributed by atoms with Crippen LogP contribution in [0.25, 0.3) is 0 Å². The average Bonchev–Trinajstić information content (AvgIpc) is 2.99. The van der Waals surface area contributed by atoms with Crippen molar-refractivity contribution in [2.24, 2.45) is 0 Å². The van der Waals surface area contributed by atoms with E-state index in [0.717, 1.165) is 6.54 Å². The molecule has 2 heteroatoms. The van der Waals surface area contributed by atoms with Crippen molar-refractivity contribution >= 4 is 11.3 Å². The summed E-state index contributed by atoms with van der Waals surface area (Å²) in [6, 6.07) is 13.8. The van der Waals surface area contributed by atoms with E-state index in [4.69, 9.17) is 0 Å². The van der Waals surface area contributed by atoms with E-state index in [1.165, 1.54) is 24.1 Å². The Kier molecular flexibility index (Phi) is 4.00. The second kappa shape index (κ2) is 5.89. The van der Waals surface area contributed by atoms with Crippen LogP contribution in [0.3, 0.4) is 0 Å². The normalized spacial score (nSPS) is 19.9. The van der Waals surface area contributed by atoms with Gasteiger partial charge in [0.15, 0.2) is 0 Å². The molecular formula is C17H21NS. The molecule has 0 aliphatic heterocycles. The second-order valence-electron chi connectivity index (χ2n) is 5.43. The van der Waals surface area contributed by atoms with Crippen LogP contribution in [-0.2, 0) is 6.42 Å². The van der Waals surface area contributed by atoms with Crippen molar-refractivity contribution in [2.45, 2.75) is 38.1 Å². The van der Waals surface area contributed by atoms with Crippen molar-refractivity contribution in [3.63, 3.8) is 0 Å². The van der Waals surface area contributed by atoms with Crippen LogP contribution in [-0.4, -0.2) is 6.54 Å². The highest BCUT2D eigenvalue weighted by Crippen LogP contribution is 2.31. The van der Waals surface area contributed by atoms with Crippen molar-refractivity contribution in [3.8, 4) is 0 Å². The van der Waals surface area contributed by atoms with Crippen LogP contribution in [0.15, 0.2) is 41.8 Å². The maximum absolute atomic E-state index is 3.71. The molecular weight excluding hydrogens is 250 g/mol. The lowest BCUT2D eigenvalue weighted by molar-refractivity contribution is 0.476. The molecule has 0 saturated heterocycles. The minimum Gasteiger partial charge on any atom is -0.309 e. The fraction of sp³-hybridized carbons (Fsp3) is 0.412. The number of hydrogen-bond donors (Lipinski definition) is 1. The van der Waals surface area contributed by atoms with Gasteiger partial charge in [-0.15, -0.1) is 11.3 Å². The summed E-state index contributed by atoms with van der Waals surface area (Å²) in [6.07, 6.45) is 3.91. The van der Waals surface area contributed by atoms with Crippen LogP contribution in [0.2, 0.25) is 0 Å². The quantitative estimate of drug-likeness (QED) is 0.862.